The van der Waals surface area contributed by atoms with Gasteiger partial charge in [0.25, 0.3) is 0 Å². The number of hydrogen-bond acceptors (Lipinski definition) is 2. The fraction of sp³-hybridized carbons (Fsp3) is 0.0833. The van der Waals surface area contributed by atoms with Crippen molar-refractivity contribution in [3.63, 3.8) is 0 Å². The Kier molecular flexibility index (Phi) is 4.93. The van der Waals surface area contributed by atoms with Crippen molar-refractivity contribution < 1.29 is 4.79 Å². The van der Waals surface area contributed by atoms with Crippen molar-refractivity contribution in [3.8, 4) is 5.69 Å². The highest BCUT2D eigenvalue weighted by Crippen LogP contribution is 2.34. The zero-order valence-corrected chi connectivity index (χ0v) is 14.9. The van der Waals surface area contributed by atoms with Crippen LogP contribution in [-0.2, 0) is 4.79 Å². The zero-order valence-electron chi connectivity index (χ0n) is 14.9. The van der Waals surface area contributed by atoms with Crippen molar-refractivity contribution in [2.75, 3.05) is 0 Å². The van der Waals surface area contributed by atoms with E-state index in [1.54, 1.807) is 6.20 Å². The Bertz CT molecular complexity index is 1070. The molecule has 0 amide bonds. The summed E-state index contributed by atoms with van der Waals surface area (Å²) in [6, 6.07) is 24.4. The molecule has 1 atom stereocenters. The van der Waals surface area contributed by atoms with Crippen LogP contribution in [-0.4, -0.2) is 16.1 Å². The third kappa shape index (κ3) is 3.58. The molecule has 0 fully saturated rings. The summed E-state index contributed by atoms with van der Waals surface area (Å²) in [6.45, 7) is 0. The lowest BCUT2D eigenvalue weighted by Gasteiger charge is -2.19. The van der Waals surface area contributed by atoms with Crippen LogP contribution in [0.4, 0.5) is 0 Å². The van der Waals surface area contributed by atoms with Crippen molar-refractivity contribution in [2.24, 2.45) is 0 Å². The fourth-order valence-electron chi connectivity index (χ4n) is 3.46. The van der Waals surface area contributed by atoms with Crippen LogP contribution in [0.5, 0.6) is 0 Å². The van der Waals surface area contributed by atoms with Crippen LogP contribution >= 0.6 is 0 Å². The molecule has 0 saturated heterocycles. The van der Waals surface area contributed by atoms with Gasteiger partial charge < -0.3 is 4.79 Å². The van der Waals surface area contributed by atoms with Gasteiger partial charge in [0.2, 0.25) is 0 Å². The van der Waals surface area contributed by atoms with E-state index in [0.29, 0.717) is 0 Å². The van der Waals surface area contributed by atoms with E-state index in [4.69, 9.17) is 0 Å². The zero-order chi connectivity index (χ0) is 18.5. The van der Waals surface area contributed by atoms with Gasteiger partial charge in [-0.05, 0) is 46.5 Å². The standard InChI is InChI=1S/C15H12O.C9H8N2/c16-10-13-6-3-5-12-9-8-11-4-1-2-7-14(11)15(12)13;1-2-5-9(6-3-1)11-8-4-7-10-11/h1-5,7-10,13H,6H2;1-8H. The van der Waals surface area contributed by atoms with E-state index >= 15 is 0 Å². The van der Waals surface area contributed by atoms with Gasteiger partial charge >= 0.3 is 0 Å². The molecule has 1 aromatic heterocycles. The molecule has 0 spiro atoms. The molecule has 0 saturated carbocycles. The number of fused-ring (bicyclic) bond motifs is 3. The molecule has 0 aliphatic heterocycles. The first kappa shape index (κ1) is 17.0. The summed E-state index contributed by atoms with van der Waals surface area (Å²) in [6.07, 6.45) is 9.78. The number of rotatable bonds is 2. The Morgan fingerprint density at radius 2 is 1.74 bits per heavy atom. The predicted octanol–water partition coefficient (Wildman–Crippen LogP) is 5.41. The molecule has 1 unspecified atom stereocenters. The molecule has 3 aromatic carbocycles. The maximum Gasteiger partial charge on any atom is 0.127 e. The minimum absolute atomic E-state index is 0.0195. The highest BCUT2D eigenvalue weighted by molar-refractivity contribution is 5.92. The molecule has 0 bridgehead atoms. The molecule has 27 heavy (non-hydrogen) atoms. The first-order chi connectivity index (χ1) is 13.4. The molecule has 1 aliphatic rings. The predicted molar refractivity (Wildman–Crippen MR) is 110 cm³/mol. The summed E-state index contributed by atoms with van der Waals surface area (Å²) in [5, 5.41) is 6.52. The number of allylic oxidation sites excluding steroid dienone is 1. The molecular formula is C24H20N2O. The summed E-state index contributed by atoms with van der Waals surface area (Å²) in [7, 11) is 0. The Morgan fingerprint density at radius 1 is 0.926 bits per heavy atom. The Labute approximate surface area is 158 Å². The molecule has 4 aromatic rings. The van der Waals surface area contributed by atoms with Crippen LogP contribution in [0.3, 0.4) is 0 Å². The van der Waals surface area contributed by atoms with Gasteiger partial charge in [-0.15, -0.1) is 0 Å². The maximum absolute atomic E-state index is 11.1. The van der Waals surface area contributed by atoms with E-state index in [1.807, 2.05) is 59.4 Å². The van der Waals surface area contributed by atoms with Crippen LogP contribution in [0, 0.1) is 0 Å². The van der Waals surface area contributed by atoms with Gasteiger partial charge in [0.05, 0.1) is 5.69 Å². The lowest BCUT2D eigenvalue weighted by Crippen LogP contribution is -2.05. The van der Waals surface area contributed by atoms with E-state index in [1.165, 1.54) is 21.9 Å². The van der Waals surface area contributed by atoms with Gasteiger partial charge in [-0.1, -0.05) is 66.7 Å². The molecule has 3 heteroatoms. The Hall–Kier alpha value is -3.46. The van der Waals surface area contributed by atoms with E-state index in [-0.39, 0.29) is 5.92 Å². The van der Waals surface area contributed by atoms with Gasteiger partial charge in [0.15, 0.2) is 0 Å². The molecule has 1 heterocycles. The highest BCUT2D eigenvalue weighted by Gasteiger charge is 2.18. The van der Waals surface area contributed by atoms with E-state index in [0.717, 1.165) is 18.4 Å². The highest BCUT2D eigenvalue weighted by atomic mass is 16.1. The van der Waals surface area contributed by atoms with Gasteiger partial charge in [-0.3, -0.25) is 0 Å². The topological polar surface area (TPSA) is 34.9 Å². The lowest BCUT2D eigenvalue weighted by molar-refractivity contribution is -0.109. The lowest BCUT2D eigenvalue weighted by atomic mass is 9.84. The summed E-state index contributed by atoms with van der Waals surface area (Å²) >= 11 is 0. The normalized spacial score (nSPS) is 14.9. The largest absolute Gasteiger partial charge is 0.303 e. The second kappa shape index (κ2) is 7.83. The van der Waals surface area contributed by atoms with E-state index in [9.17, 15) is 4.79 Å². The van der Waals surface area contributed by atoms with Gasteiger partial charge in [-0.25, -0.2) is 4.68 Å². The third-order valence-electron chi connectivity index (χ3n) is 4.75. The SMILES string of the molecule is O=CC1CC=Cc2ccc3ccccc3c21.c1ccc(-n2cccn2)cc1. The number of benzene rings is 3. The molecule has 3 nitrogen and oxygen atoms in total. The first-order valence-corrected chi connectivity index (χ1v) is 9.05. The third-order valence-corrected chi connectivity index (χ3v) is 4.75. The number of hydrogen-bond donors (Lipinski definition) is 0. The van der Waals surface area contributed by atoms with Crippen molar-refractivity contribution in [1.82, 2.24) is 9.78 Å². The number of aromatic nitrogens is 2. The van der Waals surface area contributed by atoms with Crippen LogP contribution in [0.2, 0.25) is 0 Å². The average Bonchev–Trinajstić information content (AvgIpc) is 3.29. The molecule has 0 N–H and O–H groups in total. The second-order valence-electron chi connectivity index (χ2n) is 6.46. The summed E-state index contributed by atoms with van der Waals surface area (Å²) in [5.41, 5.74) is 3.47. The van der Waals surface area contributed by atoms with Crippen molar-refractivity contribution in [3.05, 3.63) is 102 Å². The molecule has 5 rings (SSSR count). The van der Waals surface area contributed by atoms with Crippen molar-refractivity contribution in [2.45, 2.75) is 12.3 Å². The molecule has 0 radical (unpaired) electrons. The number of para-hydroxylation sites is 1. The van der Waals surface area contributed by atoms with Crippen LogP contribution in [0.25, 0.3) is 22.5 Å². The Morgan fingerprint density at radius 3 is 2.52 bits per heavy atom. The van der Waals surface area contributed by atoms with Gasteiger partial charge in [0, 0.05) is 18.3 Å². The van der Waals surface area contributed by atoms with E-state index < -0.39 is 0 Å². The van der Waals surface area contributed by atoms with Crippen LogP contribution in [0.1, 0.15) is 23.5 Å². The second-order valence-corrected chi connectivity index (χ2v) is 6.46. The Balaban J connectivity index is 0.000000143. The molecule has 132 valence electrons. The smallest absolute Gasteiger partial charge is 0.127 e. The summed E-state index contributed by atoms with van der Waals surface area (Å²) in [5.74, 6) is 0.0195. The molecular weight excluding hydrogens is 332 g/mol. The number of aldehydes is 1. The summed E-state index contributed by atoms with van der Waals surface area (Å²) < 4.78 is 1.83. The minimum Gasteiger partial charge on any atom is -0.303 e. The van der Waals surface area contributed by atoms with Gasteiger partial charge in [-0.2, -0.15) is 5.10 Å². The van der Waals surface area contributed by atoms with Crippen LogP contribution in [0.15, 0.2) is 91.3 Å². The minimum atomic E-state index is 0.0195. The number of carbonyl (C=O) groups is 1. The summed E-state index contributed by atoms with van der Waals surface area (Å²) in [4.78, 5) is 11.1. The van der Waals surface area contributed by atoms with Crippen molar-refractivity contribution in [1.29, 1.82) is 0 Å². The van der Waals surface area contributed by atoms with Gasteiger partial charge in [0.1, 0.15) is 6.29 Å². The van der Waals surface area contributed by atoms with E-state index in [2.05, 4.69) is 41.5 Å². The molecule has 1 aliphatic carbocycles. The van der Waals surface area contributed by atoms with Crippen LogP contribution < -0.4 is 0 Å². The quantitative estimate of drug-likeness (QED) is 0.452. The fourth-order valence-corrected chi connectivity index (χ4v) is 3.46. The first-order valence-electron chi connectivity index (χ1n) is 9.05. The maximum atomic E-state index is 11.1. The number of nitrogens with zero attached hydrogens (tertiary/aromatic N) is 2. The number of carbonyl (C=O) groups excluding carboxylic acids is 1. The monoisotopic (exact) mass is 352 g/mol. The average molecular weight is 352 g/mol. The van der Waals surface area contributed by atoms with Crippen molar-refractivity contribution >= 4 is 23.1 Å².